The van der Waals surface area contributed by atoms with E-state index in [0.29, 0.717) is 11.6 Å². The summed E-state index contributed by atoms with van der Waals surface area (Å²) in [6.07, 6.45) is 5.65. The number of nitrogens with one attached hydrogen (secondary N) is 1. The molecule has 4 rings (SSSR count). The lowest BCUT2D eigenvalue weighted by atomic mass is 9.85. The zero-order chi connectivity index (χ0) is 13.7. The standard InChI is InChI=1S/C16H20N2O2/c19-15-12-6-5-11(9-13(12)17-16(15)20)18-8-7-10-3-1-2-4-14(10)18/h5-6,9-10,14-15,19H,1-4,7-8H2,(H,17,20). The van der Waals surface area contributed by atoms with Crippen LogP contribution < -0.4 is 10.2 Å². The maximum absolute atomic E-state index is 11.5. The summed E-state index contributed by atoms with van der Waals surface area (Å²) in [6, 6.07) is 6.65. The van der Waals surface area contributed by atoms with E-state index in [0.717, 1.165) is 18.2 Å². The Morgan fingerprint density at radius 1 is 1.20 bits per heavy atom. The first-order chi connectivity index (χ1) is 9.74. The normalized spacial score (nSPS) is 31.9. The number of rotatable bonds is 1. The van der Waals surface area contributed by atoms with E-state index < -0.39 is 6.10 Å². The van der Waals surface area contributed by atoms with E-state index in [4.69, 9.17) is 0 Å². The Morgan fingerprint density at radius 3 is 2.95 bits per heavy atom. The van der Waals surface area contributed by atoms with Crippen LogP contribution in [0.2, 0.25) is 0 Å². The molecule has 106 valence electrons. The Balaban J connectivity index is 1.64. The van der Waals surface area contributed by atoms with Gasteiger partial charge in [0, 0.05) is 29.5 Å². The third-order valence-corrected chi connectivity index (χ3v) is 5.18. The number of hydrogen-bond donors (Lipinski definition) is 2. The maximum Gasteiger partial charge on any atom is 0.257 e. The number of nitrogens with zero attached hydrogens (tertiary/aromatic N) is 1. The number of amides is 1. The van der Waals surface area contributed by atoms with E-state index in [-0.39, 0.29) is 5.91 Å². The summed E-state index contributed by atoms with van der Waals surface area (Å²) in [4.78, 5) is 14.0. The monoisotopic (exact) mass is 272 g/mol. The van der Waals surface area contributed by atoms with Crippen LogP contribution in [0.15, 0.2) is 18.2 Å². The van der Waals surface area contributed by atoms with Crippen LogP contribution in [-0.4, -0.2) is 23.6 Å². The van der Waals surface area contributed by atoms with E-state index in [1.165, 1.54) is 37.8 Å². The van der Waals surface area contributed by atoms with Crippen LogP contribution in [0.3, 0.4) is 0 Å². The zero-order valence-corrected chi connectivity index (χ0v) is 11.5. The highest BCUT2D eigenvalue weighted by Crippen LogP contribution is 2.41. The third kappa shape index (κ3) is 1.74. The first-order valence-electron chi connectivity index (χ1n) is 7.63. The molecule has 4 nitrogen and oxygen atoms in total. The molecule has 1 saturated carbocycles. The first kappa shape index (κ1) is 12.2. The summed E-state index contributed by atoms with van der Waals surface area (Å²) in [5, 5.41) is 12.5. The quantitative estimate of drug-likeness (QED) is 0.825. The minimum atomic E-state index is -1.000. The maximum atomic E-state index is 11.5. The minimum Gasteiger partial charge on any atom is -0.378 e. The van der Waals surface area contributed by atoms with E-state index in [9.17, 15) is 9.90 Å². The first-order valence-corrected chi connectivity index (χ1v) is 7.63. The molecule has 0 bridgehead atoms. The summed E-state index contributed by atoms with van der Waals surface area (Å²) in [7, 11) is 0. The smallest absolute Gasteiger partial charge is 0.257 e. The van der Waals surface area contributed by atoms with Crippen LogP contribution in [0.1, 0.15) is 43.8 Å². The van der Waals surface area contributed by atoms with Gasteiger partial charge in [0.2, 0.25) is 0 Å². The average molecular weight is 272 g/mol. The Bertz CT molecular complexity index is 557. The van der Waals surface area contributed by atoms with Gasteiger partial charge in [0.1, 0.15) is 0 Å². The lowest BCUT2D eigenvalue weighted by Gasteiger charge is -2.33. The van der Waals surface area contributed by atoms with E-state index >= 15 is 0 Å². The van der Waals surface area contributed by atoms with Gasteiger partial charge in [0.25, 0.3) is 5.91 Å². The number of anilines is 2. The van der Waals surface area contributed by atoms with Gasteiger partial charge in [0.15, 0.2) is 6.10 Å². The van der Waals surface area contributed by atoms with Crippen molar-refractivity contribution in [2.24, 2.45) is 5.92 Å². The molecule has 2 N–H and O–H groups in total. The Hall–Kier alpha value is -1.55. The van der Waals surface area contributed by atoms with Crippen molar-refractivity contribution in [2.45, 2.75) is 44.2 Å². The highest BCUT2D eigenvalue weighted by Gasteiger charge is 2.36. The fourth-order valence-electron chi connectivity index (χ4n) is 4.14. The molecule has 2 aliphatic heterocycles. The molecule has 3 aliphatic rings. The van der Waals surface area contributed by atoms with Gasteiger partial charge in [-0.05, 0) is 37.3 Å². The lowest BCUT2D eigenvalue weighted by Crippen LogP contribution is -2.34. The van der Waals surface area contributed by atoms with Crippen molar-refractivity contribution in [3.05, 3.63) is 23.8 Å². The predicted molar refractivity (Wildman–Crippen MR) is 77.7 cm³/mol. The second kappa shape index (κ2) is 4.48. The van der Waals surface area contributed by atoms with Gasteiger partial charge in [-0.2, -0.15) is 0 Å². The molecule has 1 aliphatic carbocycles. The van der Waals surface area contributed by atoms with Crippen LogP contribution in [0, 0.1) is 5.92 Å². The Morgan fingerprint density at radius 2 is 2.05 bits per heavy atom. The fourth-order valence-corrected chi connectivity index (χ4v) is 4.14. The van der Waals surface area contributed by atoms with Crippen molar-refractivity contribution >= 4 is 17.3 Å². The van der Waals surface area contributed by atoms with Gasteiger partial charge in [-0.25, -0.2) is 0 Å². The van der Waals surface area contributed by atoms with Crippen LogP contribution >= 0.6 is 0 Å². The number of carbonyl (C=O) groups excluding carboxylic acids is 1. The van der Waals surface area contributed by atoms with Gasteiger partial charge in [-0.15, -0.1) is 0 Å². The van der Waals surface area contributed by atoms with Crippen molar-refractivity contribution in [3.63, 3.8) is 0 Å². The Labute approximate surface area is 118 Å². The highest BCUT2D eigenvalue weighted by molar-refractivity contribution is 6.02. The van der Waals surface area contributed by atoms with Crippen molar-refractivity contribution in [1.29, 1.82) is 0 Å². The van der Waals surface area contributed by atoms with Crippen molar-refractivity contribution in [2.75, 3.05) is 16.8 Å². The summed E-state index contributed by atoms with van der Waals surface area (Å²) >= 11 is 0. The molecular formula is C16H20N2O2. The molecule has 0 spiro atoms. The van der Waals surface area contributed by atoms with Gasteiger partial charge in [-0.3, -0.25) is 4.79 Å². The molecule has 0 radical (unpaired) electrons. The van der Waals surface area contributed by atoms with Gasteiger partial charge >= 0.3 is 0 Å². The topological polar surface area (TPSA) is 52.6 Å². The van der Waals surface area contributed by atoms with Crippen LogP contribution in [0.5, 0.6) is 0 Å². The fraction of sp³-hybridized carbons (Fsp3) is 0.562. The summed E-state index contributed by atoms with van der Waals surface area (Å²) in [5.41, 5.74) is 2.67. The number of hydrogen-bond acceptors (Lipinski definition) is 3. The summed E-state index contributed by atoms with van der Waals surface area (Å²) < 4.78 is 0. The number of fused-ring (bicyclic) bond motifs is 2. The minimum absolute atomic E-state index is 0.311. The molecule has 1 saturated heterocycles. The Kier molecular flexibility index (Phi) is 2.74. The van der Waals surface area contributed by atoms with Crippen molar-refractivity contribution in [1.82, 2.24) is 0 Å². The number of carbonyl (C=O) groups is 1. The van der Waals surface area contributed by atoms with Gasteiger partial charge in [-0.1, -0.05) is 18.9 Å². The van der Waals surface area contributed by atoms with Gasteiger partial charge in [0.05, 0.1) is 0 Å². The van der Waals surface area contributed by atoms with E-state index in [2.05, 4.69) is 16.3 Å². The molecule has 4 heteroatoms. The number of benzene rings is 1. The van der Waals surface area contributed by atoms with Crippen LogP contribution in [0.25, 0.3) is 0 Å². The summed E-state index contributed by atoms with van der Waals surface area (Å²) in [5.74, 6) is 0.534. The molecular weight excluding hydrogens is 252 g/mol. The number of aliphatic hydroxyl groups excluding tert-OH is 1. The van der Waals surface area contributed by atoms with E-state index in [1.807, 2.05) is 12.1 Å². The second-order valence-electron chi connectivity index (χ2n) is 6.26. The average Bonchev–Trinajstić information content (AvgIpc) is 3.01. The summed E-state index contributed by atoms with van der Waals surface area (Å²) in [6.45, 7) is 1.12. The molecule has 2 heterocycles. The number of aliphatic hydroxyl groups is 1. The highest BCUT2D eigenvalue weighted by atomic mass is 16.3. The van der Waals surface area contributed by atoms with Gasteiger partial charge < -0.3 is 15.3 Å². The predicted octanol–water partition coefficient (Wildman–Crippen LogP) is 2.44. The molecule has 1 amide bonds. The molecule has 20 heavy (non-hydrogen) atoms. The second-order valence-corrected chi connectivity index (χ2v) is 6.26. The molecule has 3 unspecified atom stereocenters. The molecule has 3 atom stereocenters. The molecule has 0 aromatic heterocycles. The van der Waals surface area contributed by atoms with E-state index in [1.54, 1.807) is 0 Å². The SMILES string of the molecule is O=C1Nc2cc(N3CCC4CCCCC43)ccc2C1O. The lowest BCUT2D eigenvalue weighted by molar-refractivity contribution is -0.123. The third-order valence-electron chi connectivity index (χ3n) is 5.18. The van der Waals surface area contributed by atoms with Crippen molar-refractivity contribution < 1.29 is 9.90 Å². The van der Waals surface area contributed by atoms with Crippen molar-refractivity contribution in [3.8, 4) is 0 Å². The van der Waals surface area contributed by atoms with Crippen LogP contribution in [0.4, 0.5) is 11.4 Å². The molecule has 1 aromatic carbocycles. The molecule has 2 fully saturated rings. The van der Waals surface area contributed by atoms with Crippen LogP contribution in [-0.2, 0) is 4.79 Å². The largest absolute Gasteiger partial charge is 0.378 e. The molecule has 1 aromatic rings. The zero-order valence-electron chi connectivity index (χ0n) is 11.5.